The highest BCUT2D eigenvalue weighted by Gasteiger charge is 2.31. The average Bonchev–Trinajstić information content (AvgIpc) is 3.09. The Morgan fingerprint density at radius 1 is 1.36 bits per heavy atom. The molecule has 1 aliphatic heterocycles. The second-order valence-electron chi connectivity index (χ2n) is 5.72. The lowest BCUT2D eigenvalue weighted by atomic mass is 9.95. The van der Waals surface area contributed by atoms with Crippen molar-refractivity contribution in [3.8, 4) is 0 Å². The van der Waals surface area contributed by atoms with Gasteiger partial charge in [0.15, 0.2) is 0 Å². The van der Waals surface area contributed by atoms with Crippen LogP contribution in [0.15, 0.2) is 27.4 Å². The molecule has 1 N–H and O–H groups in total. The molecule has 0 spiro atoms. The fourth-order valence-electron chi connectivity index (χ4n) is 2.98. The van der Waals surface area contributed by atoms with Crippen molar-refractivity contribution in [3.05, 3.63) is 42.7 Å². The van der Waals surface area contributed by atoms with Crippen molar-refractivity contribution in [2.75, 3.05) is 13.1 Å². The lowest BCUT2D eigenvalue weighted by molar-refractivity contribution is -0.143. The lowest BCUT2D eigenvalue weighted by Crippen LogP contribution is -2.38. The van der Waals surface area contributed by atoms with E-state index in [4.69, 9.17) is 0 Å². The van der Waals surface area contributed by atoms with Crippen molar-refractivity contribution < 1.29 is 9.90 Å². The van der Waals surface area contributed by atoms with Crippen LogP contribution in [-0.4, -0.2) is 29.1 Å². The molecule has 0 amide bonds. The van der Waals surface area contributed by atoms with Crippen LogP contribution in [0.2, 0.25) is 0 Å². The molecule has 0 saturated carbocycles. The minimum atomic E-state index is -0.651. The van der Waals surface area contributed by atoms with Gasteiger partial charge in [-0.15, -0.1) is 22.7 Å². The number of piperidine rings is 1. The van der Waals surface area contributed by atoms with Crippen LogP contribution in [-0.2, 0) is 4.79 Å². The van der Waals surface area contributed by atoms with Gasteiger partial charge in [0.05, 0.1) is 15.7 Å². The zero-order chi connectivity index (χ0) is 15.7. The topological polar surface area (TPSA) is 40.5 Å². The first-order valence-corrected chi connectivity index (χ1v) is 9.80. The van der Waals surface area contributed by atoms with Gasteiger partial charge >= 0.3 is 5.97 Å². The summed E-state index contributed by atoms with van der Waals surface area (Å²) in [5.41, 5.74) is 1.29. The number of carboxylic acid groups (broad SMARTS) is 1. The van der Waals surface area contributed by atoms with Crippen LogP contribution < -0.4 is 0 Å². The molecule has 22 heavy (non-hydrogen) atoms. The molecule has 1 aliphatic rings. The van der Waals surface area contributed by atoms with Gasteiger partial charge in [0.2, 0.25) is 0 Å². The van der Waals surface area contributed by atoms with E-state index in [0.717, 1.165) is 29.7 Å². The molecule has 1 atom stereocenters. The Balaban J connectivity index is 1.85. The zero-order valence-electron chi connectivity index (χ0n) is 12.3. The third-order valence-corrected chi connectivity index (χ3v) is 6.91. The van der Waals surface area contributed by atoms with Gasteiger partial charge in [0, 0.05) is 9.75 Å². The van der Waals surface area contributed by atoms with Crippen molar-refractivity contribution in [1.82, 2.24) is 4.90 Å². The summed E-state index contributed by atoms with van der Waals surface area (Å²) in [4.78, 5) is 16.3. The Kier molecular flexibility index (Phi) is 5.02. The molecule has 2 aromatic heterocycles. The molecule has 3 nitrogen and oxygen atoms in total. The fraction of sp³-hybridized carbons (Fsp3) is 0.438. The van der Waals surface area contributed by atoms with Gasteiger partial charge in [0.25, 0.3) is 0 Å². The van der Waals surface area contributed by atoms with Crippen molar-refractivity contribution in [3.63, 3.8) is 0 Å². The maximum absolute atomic E-state index is 11.2. The van der Waals surface area contributed by atoms with Crippen LogP contribution in [0.4, 0.5) is 0 Å². The number of carbonyl (C=O) groups is 1. The smallest absolute Gasteiger partial charge is 0.306 e. The van der Waals surface area contributed by atoms with Gasteiger partial charge in [-0.05, 0) is 77.9 Å². The normalized spacial score (nSPS) is 18.5. The molecule has 0 radical (unpaired) electrons. The number of likely N-dealkylation sites (tertiary alicyclic amines) is 1. The van der Waals surface area contributed by atoms with Gasteiger partial charge in [0.1, 0.15) is 0 Å². The van der Waals surface area contributed by atoms with Crippen molar-refractivity contribution in [1.29, 1.82) is 0 Å². The SMILES string of the molecule is Cc1csc(C(c2ccc(Br)s2)N2CCC(C(=O)O)CC2)c1. The van der Waals surface area contributed by atoms with E-state index in [1.54, 1.807) is 22.7 Å². The van der Waals surface area contributed by atoms with E-state index in [0.29, 0.717) is 0 Å². The van der Waals surface area contributed by atoms with E-state index in [1.165, 1.54) is 15.3 Å². The summed E-state index contributed by atoms with van der Waals surface area (Å²) in [6, 6.07) is 6.78. The summed E-state index contributed by atoms with van der Waals surface area (Å²) in [5, 5.41) is 11.4. The van der Waals surface area contributed by atoms with Crippen LogP contribution in [0, 0.1) is 12.8 Å². The summed E-state index contributed by atoms with van der Waals surface area (Å²) in [6.45, 7) is 3.81. The van der Waals surface area contributed by atoms with Crippen molar-refractivity contribution in [2.24, 2.45) is 5.92 Å². The summed E-state index contributed by atoms with van der Waals surface area (Å²) >= 11 is 7.12. The maximum atomic E-state index is 11.2. The standard InChI is InChI=1S/C16H18BrNO2S2/c1-10-8-13(21-9-10)15(12-2-3-14(17)22-12)18-6-4-11(5-7-18)16(19)20/h2-3,8-9,11,15H,4-7H2,1H3,(H,19,20). The number of aliphatic carboxylic acids is 1. The second kappa shape index (κ2) is 6.83. The molecular formula is C16H18BrNO2S2. The summed E-state index contributed by atoms with van der Waals surface area (Å²) in [7, 11) is 0. The Bertz CT molecular complexity index is 618. The minimum absolute atomic E-state index is 0.183. The van der Waals surface area contributed by atoms with E-state index in [1.807, 2.05) is 0 Å². The van der Waals surface area contributed by atoms with Crippen LogP contribution >= 0.6 is 38.6 Å². The lowest BCUT2D eigenvalue weighted by Gasteiger charge is -2.35. The molecule has 2 aromatic rings. The van der Waals surface area contributed by atoms with Crippen LogP contribution in [0.25, 0.3) is 0 Å². The van der Waals surface area contributed by atoms with Crippen LogP contribution in [0.5, 0.6) is 0 Å². The average molecular weight is 400 g/mol. The van der Waals surface area contributed by atoms with Gasteiger partial charge in [-0.2, -0.15) is 0 Å². The number of thiophene rings is 2. The molecule has 1 unspecified atom stereocenters. The van der Waals surface area contributed by atoms with Gasteiger partial charge in [-0.1, -0.05) is 0 Å². The zero-order valence-corrected chi connectivity index (χ0v) is 15.5. The van der Waals surface area contributed by atoms with E-state index in [-0.39, 0.29) is 12.0 Å². The molecule has 1 saturated heterocycles. The quantitative estimate of drug-likeness (QED) is 0.804. The van der Waals surface area contributed by atoms with Crippen molar-refractivity contribution in [2.45, 2.75) is 25.8 Å². The second-order valence-corrected chi connectivity index (χ2v) is 9.16. The largest absolute Gasteiger partial charge is 0.481 e. The molecular weight excluding hydrogens is 382 g/mol. The Morgan fingerprint density at radius 3 is 2.59 bits per heavy atom. The Morgan fingerprint density at radius 2 is 2.09 bits per heavy atom. The molecule has 3 rings (SSSR count). The number of nitrogens with zero attached hydrogens (tertiary/aromatic N) is 1. The van der Waals surface area contributed by atoms with Crippen LogP contribution in [0.1, 0.15) is 34.2 Å². The third kappa shape index (κ3) is 3.45. The molecule has 0 bridgehead atoms. The van der Waals surface area contributed by atoms with Crippen molar-refractivity contribution >= 4 is 44.6 Å². The Hall–Kier alpha value is -0.690. The first-order valence-electron chi connectivity index (χ1n) is 7.31. The monoisotopic (exact) mass is 399 g/mol. The van der Waals surface area contributed by atoms with E-state index in [2.05, 4.69) is 51.3 Å². The Labute approximate surface area is 146 Å². The summed E-state index contributed by atoms with van der Waals surface area (Å²) in [5.74, 6) is -0.834. The molecule has 3 heterocycles. The number of aryl methyl sites for hydroxylation is 1. The molecule has 118 valence electrons. The van der Waals surface area contributed by atoms with E-state index < -0.39 is 5.97 Å². The highest BCUT2D eigenvalue weighted by atomic mass is 79.9. The van der Waals surface area contributed by atoms with Gasteiger partial charge in [-0.25, -0.2) is 0 Å². The number of hydrogen-bond acceptors (Lipinski definition) is 4. The highest BCUT2D eigenvalue weighted by molar-refractivity contribution is 9.11. The van der Waals surface area contributed by atoms with E-state index >= 15 is 0 Å². The molecule has 6 heteroatoms. The highest BCUT2D eigenvalue weighted by Crippen LogP contribution is 2.39. The van der Waals surface area contributed by atoms with Gasteiger partial charge < -0.3 is 5.11 Å². The number of rotatable bonds is 4. The first-order chi connectivity index (χ1) is 10.5. The third-order valence-electron chi connectivity index (χ3n) is 4.13. The predicted octanol–water partition coefficient (Wildman–Crippen LogP) is 4.77. The van der Waals surface area contributed by atoms with Crippen LogP contribution in [0.3, 0.4) is 0 Å². The summed E-state index contributed by atoms with van der Waals surface area (Å²) in [6.07, 6.45) is 1.48. The molecule has 0 aromatic carbocycles. The van der Waals surface area contributed by atoms with E-state index in [9.17, 15) is 9.90 Å². The van der Waals surface area contributed by atoms with Gasteiger partial charge in [-0.3, -0.25) is 9.69 Å². The number of hydrogen-bond donors (Lipinski definition) is 1. The molecule has 1 fully saturated rings. The number of halogens is 1. The number of carboxylic acids is 1. The summed E-state index contributed by atoms with van der Waals surface area (Å²) < 4.78 is 1.14. The minimum Gasteiger partial charge on any atom is -0.481 e. The molecule has 0 aliphatic carbocycles. The fourth-order valence-corrected chi connectivity index (χ4v) is 5.68. The first kappa shape index (κ1) is 16.2. The predicted molar refractivity (Wildman–Crippen MR) is 94.9 cm³/mol. The maximum Gasteiger partial charge on any atom is 0.306 e.